The Kier molecular flexibility index (Phi) is 4.37. The first-order valence-corrected chi connectivity index (χ1v) is 7.84. The fraction of sp³-hybridized carbons (Fsp3) is 0.278. The zero-order valence-electron chi connectivity index (χ0n) is 13.1. The molecule has 2 aromatic heterocycles. The minimum absolute atomic E-state index is 0.256. The van der Waals surface area contributed by atoms with Crippen molar-refractivity contribution >= 4 is 11.0 Å². The maximum Gasteiger partial charge on any atom is 0.331 e. The van der Waals surface area contributed by atoms with E-state index in [1.807, 2.05) is 37.3 Å². The number of benzene rings is 1. The van der Waals surface area contributed by atoms with Crippen LogP contribution in [0.5, 0.6) is 0 Å². The Morgan fingerprint density at radius 2 is 1.74 bits per heavy atom. The fourth-order valence-corrected chi connectivity index (χ4v) is 2.77. The Balaban J connectivity index is 2.09. The van der Waals surface area contributed by atoms with Gasteiger partial charge in [0.2, 0.25) is 0 Å². The van der Waals surface area contributed by atoms with E-state index in [1.54, 1.807) is 22.9 Å². The van der Waals surface area contributed by atoms with Gasteiger partial charge >= 0.3 is 5.69 Å². The third kappa shape index (κ3) is 2.95. The first kappa shape index (κ1) is 15.2. The topological polar surface area (TPSA) is 56.9 Å². The minimum atomic E-state index is -0.311. The monoisotopic (exact) mass is 309 g/mol. The van der Waals surface area contributed by atoms with Crippen molar-refractivity contribution < 1.29 is 0 Å². The zero-order chi connectivity index (χ0) is 16.2. The zero-order valence-corrected chi connectivity index (χ0v) is 13.1. The summed E-state index contributed by atoms with van der Waals surface area (Å²) >= 11 is 0. The van der Waals surface area contributed by atoms with E-state index in [-0.39, 0.29) is 11.2 Å². The first-order valence-electron chi connectivity index (χ1n) is 7.84. The summed E-state index contributed by atoms with van der Waals surface area (Å²) < 4.78 is 2.95. The van der Waals surface area contributed by atoms with Gasteiger partial charge in [-0.05, 0) is 30.5 Å². The molecule has 0 fully saturated rings. The van der Waals surface area contributed by atoms with Crippen LogP contribution in [-0.4, -0.2) is 14.1 Å². The minimum Gasteiger partial charge on any atom is -0.292 e. The summed E-state index contributed by atoms with van der Waals surface area (Å²) in [5, 5.41) is 0. The number of hydrogen-bond acceptors (Lipinski definition) is 3. The van der Waals surface area contributed by atoms with Crippen LogP contribution in [0.2, 0.25) is 0 Å². The van der Waals surface area contributed by atoms with E-state index < -0.39 is 0 Å². The molecule has 0 saturated heterocycles. The van der Waals surface area contributed by atoms with E-state index in [4.69, 9.17) is 0 Å². The quantitative estimate of drug-likeness (QED) is 0.726. The van der Waals surface area contributed by atoms with Gasteiger partial charge in [0, 0.05) is 19.3 Å². The Labute approximate surface area is 133 Å². The fourth-order valence-electron chi connectivity index (χ4n) is 2.77. The van der Waals surface area contributed by atoms with Crippen LogP contribution in [0.25, 0.3) is 11.0 Å². The third-order valence-corrected chi connectivity index (χ3v) is 3.90. The SMILES string of the molecule is CCCn1c(=O)n(CCc2ccccc2)c(=O)c2ncccc21. The predicted molar refractivity (Wildman–Crippen MR) is 90.7 cm³/mol. The number of hydrogen-bond donors (Lipinski definition) is 0. The van der Waals surface area contributed by atoms with Gasteiger partial charge in [0.1, 0.15) is 0 Å². The standard InChI is InChI=1S/C18H19N3O2/c1-2-12-20-15-9-6-11-19-16(15)17(22)21(18(20)23)13-10-14-7-4-3-5-8-14/h3-9,11H,2,10,12-13H2,1H3. The second-order valence-electron chi connectivity index (χ2n) is 5.50. The van der Waals surface area contributed by atoms with Crippen molar-refractivity contribution in [2.75, 3.05) is 0 Å². The van der Waals surface area contributed by atoms with E-state index in [2.05, 4.69) is 4.98 Å². The van der Waals surface area contributed by atoms with Crippen molar-refractivity contribution in [3.8, 4) is 0 Å². The Morgan fingerprint density at radius 1 is 0.957 bits per heavy atom. The lowest BCUT2D eigenvalue weighted by atomic mass is 10.1. The molecule has 0 amide bonds. The summed E-state index contributed by atoms with van der Waals surface area (Å²) in [6.45, 7) is 2.94. The lowest BCUT2D eigenvalue weighted by molar-refractivity contribution is 0.563. The molecule has 118 valence electrons. The molecule has 23 heavy (non-hydrogen) atoms. The molecule has 0 atom stereocenters. The summed E-state index contributed by atoms with van der Waals surface area (Å²) in [4.78, 5) is 29.5. The molecule has 0 aliphatic carbocycles. The summed E-state index contributed by atoms with van der Waals surface area (Å²) in [5.74, 6) is 0. The second-order valence-corrected chi connectivity index (χ2v) is 5.50. The van der Waals surface area contributed by atoms with Gasteiger partial charge in [0.05, 0.1) is 5.52 Å². The molecular formula is C18H19N3O2. The van der Waals surface area contributed by atoms with Gasteiger partial charge in [-0.1, -0.05) is 37.3 Å². The molecule has 0 saturated carbocycles. The smallest absolute Gasteiger partial charge is 0.292 e. The molecule has 0 spiro atoms. The van der Waals surface area contributed by atoms with Crippen LogP contribution < -0.4 is 11.2 Å². The summed E-state index contributed by atoms with van der Waals surface area (Å²) in [6.07, 6.45) is 3.05. The van der Waals surface area contributed by atoms with Crippen molar-refractivity contribution in [1.82, 2.24) is 14.1 Å². The van der Waals surface area contributed by atoms with E-state index in [0.717, 1.165) is 12.0 Å². The van der Waals surface area contributed by atoms with Crippen LogP contribution in [0.3, 0.4) is 0 Å². The van der Waals surface area contributed by atoms with Crippen LogP contribution in [0, 0.1) is 0 Å². The van der Waals surface area contributed by atoms with Crippen LogP contribution in [0.4, 0.5) is 0 Å². The van der Waals surface area contributed by atoms with Gasteiger partial charge in [0.15, 0.2) is 5.52 Å². The lowest BCUT2D eigenvalue weighted by Crippen LogP contribution is -2.40. The van der Waals surface area contributed by atoms with Crippen LogP contribution in [0.1, 0.15) is 18.9 Å². The summed E-state index contributed by atoms with van der Waals surface area (Å²) in [6, 6.07) is 13.4. The van der Waals surface area contributed by atoms with Crippen molar-refractivity contribution in [2.45, 2.75) is 32.9 Å². The highest BCUT2D eigenvalue weighted by Crippen LogP contribution is 2.06. The Morgan fingerprint density at radius 3 is 2.48 bits per heavy atom. The molecule has 0 N–H and O–H groups in total. The van der Waals surface area contributed by atoms with Gasteiger partial charge in [-0.2, -0.15) is 0 Å². The summed E-state index contributed by atoms with van der Waals surface area (Å²) in [5.41, 5.74) is 1.50. The van der Waals surface area contributed by atoms with Crippen LogP contribution >= 0.6 is 0 Å². The van der Waals surface area contributed by atoms with Crippen LogP contribution in [0.15, 0.2) is 58.3 Å². The number of pyridine rings is 1. The Hall–Kier alpha value is -2.69. The van der Waals surface area contributed by atoms with Crippen molar-refractivity contribution in [1.29, 1.82) is 0 Å². The highest BCUT2D eigenvalue weighted by molar-refractivity contribution is 5.72. The van der Waals surface area contributed by atoms with Gasteiger partial charge < -0.3 is 0 Å². The largest absolute Gasteiger partial charge is 0.331 e. The second kappa shape index (κ2) is 6.60. The molecule has 1 aromatic carbocycles. The molecule has 5 nitrogen and oxygen atoms in total. The number of rotatable bonds is 5. The predicted octanol–water partition coefficient (Wildman–Crippen LogP) is 2.21. The molecule has 2 heterocycles. The van der Waals surface area contributed by atoms with Crippen molar-refractivity contribution in [2.24, 2.45) is 0 Å². The van der Waals surface area contributed by atoms with Gasteiger partial charge in [-0.3, -0.25) is 13.9 Å². The Bertz CT molecular complexity index is 926. The van der Waals surface area contributed by atoms with Gasteiger partial charge in [-0.25, -0.2) is 9.78 Å². The highest BCUT2D eigenvalue weighted by Gasteiger charge is 2.13. The van der Waals surface area contributed by atoms with Crippen molar-refractivity contribution in [3.63, 3.8) is 0 Å². The summed E-state index contributed by atoms with van der Waals surface area (Å²) in [7, 11) is 0. The molecular weight excluding hydrogens is 290 g/mol. The molecule has 0 bridgehead atoms. The van der Waals surface area contributed by atoms with Gasteiger partial charge in [0.25, 0.3) is 5.56 Å². The number of fused-ring (bicyclic) bond motifs is 1. The average Bonchev–Trinajstić information content (AvgIpc) is 2.59. The van der Waals surface area contributed by atoms with E-state index in [9.17, 15) is 9.59 Å². The molecule has 3 aromatic rings. The van der Waals surface area contributed by atoms with E-state index >= 15 is 0 Å². The van der Waals surface area contributed by atoms with Crippen LogP contribution in [-0.2, 0) is 19.5 Å². The average molecular weight is 309 g/mol. The number of aromatic nitrogens is 3. The molecule has 0 unspecified atom stereocenters. The lowest BCUT2D eigenvalue weighted by Gasteiger charge is -2.12. The molecule has 0 aliphatic rings. The molecule has 0 radical (unpaired) electrons. The van der Waals surface area contributed by atoms with E-state index in [1.165, 1.54) is 4.57 Å². The third-order valence-electron chi connectivity index (χ3n) is 3.90. The first-order chi connectivity index (χ1) is 11.2. The number of nitrogens with zero attached hydrogens (tertiary/aromatic N) is 3. The highest BCUT2D eigenvalue weighted by atomic mass is 16.2. The maximum atomic E-state index is 12.7. The maximum absolute atomic E-state index is 12.7. The normalized spacial score (nSPS) is 11.0. The van der Waals surface area contributed by atoms with Gasteiger partial charge in [-0.15, -0.1) is 0 Å². The molecule has 3 rings (SSSR count). The van der Waals surface area contributed by atoms with Crippen molar-refractivity contribution in [3.05, 3.63) is 75.1 Å². The molecule has 5 heteroatoms. The molecule has 0 aliphatic heterocycles. The number of aryl methyl sites for hydroxylation is 2. The van der Waals surface area contributed by atoms with E-state index in [0.29, 0.717) is 30.5 Å².